The molecule has 128 valence electrons. The van der Waals surface area contributed by atoms with Gasteiger partial charge in [0, 0.05) is 0 Å². The van der Waals surface area contributed by atoms with E-state index in [9.17, 15) is 9.90 Å². The zero-order valence-electron chi connectivity index (χ0n) is 13.9. The Kier molecular flexibility index (Phi) is 4.42. The summed E-state index contributed by atoms with van der Waals surface area (Å²) in [5.74, 6) is 0.505. The van der Waals surface area contributed by atoms with Crippen molar-refractivity contribution in [1.29, 1.82) is 0 Å². The van der Waals surface area contributed by atoms with Gasteiger partial charge in [-0.05, 0) is 28.3 Å². The molecular weight excluding hydrogens is 332 g/mol. The van der Waals surface area contributed by atoms with Crippen molar-refractivity contribution in [3.63, 3.8) is 0 Å². The quantitative estimate of drug-likeness (QED) is 0.758. The van der Waals surface area contributed by atoms with Gasteiger partial charge in [-0.1, -0.05) is 36.4 Å². The molecule has 3 aromatic rings. The maximum atomic E-state index is 12.4. The number of hydrogen-bond acceptors (Lipinski definition) is 3. The molecule has 2 heterocycles. The second-order valence-electron chi connectivity index (χ2n) is 6.48. The number of quaternary nitrogens is 1. The largest absolute Gasteiger partial charge is 0.507 e. The average Bonchev–Trinajstić information content (AvgIpc) is 3.19. The number of aromatic hydroxyl groups is 1. The summed E-state index contributed by atoms with van der Waals surface area (Å²) in [5.41, 5.74) is 1.01. The lowest BCUT2D eigenvalue weighted by Crippen LogP contribution is -3.13. The minimum absolute atomic E-state index is 0.141. The summed E-state index contributed by atoms with van der Waals surface area (Å²) >= 11 is 1.50. The Balaban J connectivity index is 1.46. The summed E-state index contributed by atoms with van der Waals surface area (Å²) in [4.78, 5) is 16.6. The molecule has 2 N–H and O–H groups in total. The number of hydrogen-bond donors (Lipinski definition) is 2. The van der Waals surface area contributed by atoms with E-state index in [0.717, 1.165) is 53.9 Å². The number of carbonyl (C=O) groups is 1. The van der Waals surface area contributed by atoms with Crippen LogP contribution in [0.1, 0.15) is 15.2 Å². The lowest BCUT2D eigenvalue weighted by atomic mass is 10.0. The molecule has 5 heteroatoms. The number of fused-ring (bicyclic) bond motifs is 1. The fourth-order valence-electron chi connectivity index (χ4n) is 3.52. The first-order chi connectivity index (χ1) is 12.2. The standard InChI is InChI=1S/C20H20N2O2S/c23-18-8-7-15-4-1-2-5-16(15)17(18)14-21-9-11-22(12-10-21)20(24)19-6-3-13-25-19/h1-8,13,23H,9-12,14H2/p+1. The molecule has 0 saturated carbocycles. The van der Waals surface area contributed by atoms with Crippen LogP contribution in [0.3, 0.4) is 0 Å². The van der Waals surface area contributed by atoms with E-state index in [4.69, 9.17) is 0 Å². The summed E-state index contributed by atoms with van der Waals surface area (Å²) in [6.07, 6.45) is 0. The van der Waals surface area contributed by atoms with Gasteiger partial charge in [0.05, 0.1) is 36.6 Å². The van der Waals surface area contributed by atoms with E-state index in [1.807, 2.05) is 40.6 Å². The number of piperazine rings is 1. The van der Waals surface area contributed by atoms with Crippen LogP contribution in [0.4, 0.5) is 0 Å². The SMILES string of the molecule is O=C(c1cccs1)N1CC[NH+](Cc2c(O)ccc3ccccc23)CC1. The highest BCUT2D eigenvalue weighted by molar-refractivity contribution is 7.12. The fraction of sp³-hybridized carbons (Fsp3) is 0.250. The maximum absolute atomic E-state index is 12.4. The smallest absolute Gasteiger partial charge is 0.264 e. The Morgan fingerprint density at radius 1 is 1.08 bits per heavy atom. The van der Waals surface area contributed by atoms with Crippen molar-refractivity contribution in [2.45, 2.75) is 6.54 Å². The zero-order chi connectivity index (χ0) is 17.2. The van der Waals surface area contributed by atoms with Crippen LogP contribution >= 0.6 is 11.3 Å². The molecule has 1 aromatic heterocycles. The highest BCUT2D eigenvalue weighted by Crippen LogP contribution is 2.26. The van der Waals surface area contributed by atoms with Crippen molar-refractivity contribution < 1.29 is 14.8 Å². The van der Waals surface area contributed by atoms with Gasteiger partial charge in [-0.25, -0.2) is 0 Å². The van der Waals surface area contributed by atoms with Gasteiger partial charge in [0.25, 0.3) is 5.91 Å². The van der Waals surface area contributed by atoms with Gasteiger partial charge in [0.2, 0.25) is 0 Å². The van der Waals surface area contributed by atoms with E-state index in [1.54, 1.807) is 6.07 Å². The van der Waals surface area contributed by atoms with Gasteiger partial charge in [-0.3, -0.25) is 4.79 Å². The molecule has 0 unspecified atom stereocenters. The number of rotatable bonds is 3. The summed E-state index contributed by atoms with van der Waals surface area (Å²) in [6.45, 7) is 4.11. The molecule has 1 amide bonds. The Morgan fingerprint density at radius 3 is 2.64 bits per heavy atom. The monoisotopic (exact) mass is 353 g/mol. The van der Waals surface area contributed by atoms with Gasteiger partial charge in [-0.15, -0.1) is 11.3 Å². The van der Waals surface area contributed by atoms with Crippen LogP contribution in [0.25, 0.3) is 10.8 Å². The van der Waals surface area contributed by atoms with E-state index in [2.05, 4.69) is 12.1 Å². The minimum Gasteiger partial charge on any atom is -0.507 e. The van der Waals surface area contributed by atoms with Crippen molar-refractivity contribution in [3.8, 4) is 5.75 Å². The number of phenolic OH excluding ortho intramolecular Hbond substituents is 1. The van der Waals surface area contributed by atoms with Gasteiger partial charge >= 0.3 is 0 Å². The first-order valence-corrected chi connectivity index (χ1v) is 9.46. The summed E-state index contributed by atoms with van der Waals surface area (Å²) in [7, 11) is 0. The molecule has 0 aliphatic carbocycles. The van der Waals surface area contributed by atoms with Gasteiger partial charge in [-0.2, -0.15) is 0 Å². The van der Waals surface area contributed by atoms with E-state index < -0.39 is 0 Å². The summed E-state index contributed by atoms with van der Waals surface area (Å²) in [5, 5.41) is 14.5. The second-order valence-corrected chi connectivity index (χ2v) is 7.43. The number of phenols is 1. The Bertz CT molecular complexity index is 884. The average molecular weight is 353 g/mol. The third-order valence-corrected chi connectivity index (χ3v) is 5.79. The van der Waals surface area contributed by atoms with E-state index in [0.29, 0.717) is 5.75 Å². The third-order valence-electron chi connectivity index (χ3n) is 4.93. The van der Waals surface area contributed by atoms with E-state index in [-0.39, 0.29) is 5.91 Å². The third kappa shape index (κ3) is 3.25. The summed E-state index contributed by atoms with van der Waals surface area (Å²) in [6, 6.07) is 15.7. The van der Waals surface area contributed by atoms with Crippen molar-refractivity contribution in [2.24, 2.45) is 0 Å². The minimum atomic E-state index is 0.141. The number of nitrogens with one attached hydrogen (secondary N) is 1. The molecule has 1 aliphatic heterocycles. The Hall–Kier alpha value is -2.37. The molecule has 1 aliphatic rings. The second kappa shape index (κ2) is 6.86. The molecule has 1 fully saturated rings. The topological polar surface area (TPSA) is 45.0 Å². The molecule has 4 nitrogen and oxygen atoms in total. The van der Waals surface area contributed by atoms with Crippen LogP contribution in [-0.4, -0.2) is 42.1 Å². The van der Waals surface area contributed by atoms with Crippen molar-refractivity contribution in [3.05, 3.63) is 64.4 Å². The highest BCUT2D eigenvalue weighted by atomic mass is 32.1. The van der Waals surface area contributed by atoms with Crippen LogP contribution in [0.5, 0.6) is 5.75 Å². The van der Waals surface area contributed by atoms with Crippen molar-refractivity contribution >= 4 is 28.0 Å². The number of benzene rings is 2. The molecule has 1 saturated heterocycles. The number of thiophene rings is 1. The first-order valence-electron chi connectivity index (χ1n) is 8.58. The van der Waals surface area contributed by atoms with Gasteiger partial charge in [0.1, 0.15) is 12.3 Å². The summed E-state index contributed by atoms with van der Waals surface area (Å²) < 4.78 is 0. The van der Waals surface area contributed by atoms with Crippen LogP contribution in [0.15, 0.2) is 53.9 Å². The van der Waals surface area contributed by atoms with E-state index in [1.165, 1.54) is 16.2 Å². The Morgan fingerprint density at radius 2 is 1.88 bits per heavy atom. The molecule has 4 rings (SSSR count). The lowest BCUT2D eigenvalue weighted by Gasteiger charge is -2.32. The fourth-order valence-corrected chi connectivity index (χ4v) is 4.21. The van der Waals surface area contributed by atoms with Crippen LogP contribution in [0.2, 0.25) is 0 Å². The highest BCUT2D eigenvalue weighted by Gasteiger charge is 2.26. The number of amides is 1. The zero-order valence-corrected chi connectivity index (χ0v) is 14.8. The molecule has 25 heavy (non-hydrogen) atoms. The maximum Gasteiger partial charge on any atom is 0.264 e. The van der Waals surface area contributed by atoms with Crippen LogP contribution < -0.4 is 4.90 Å². The van der Waals surface area contributed by atoms with Crippen molar-refractivity contribution in [1.82, 2.24) is 4.90 Å². The molecule has 0 spiro atoms. The number of carbonyl (C=O) groups excluding carboxylic acids is 1. The van der Waals surface area contributed by atoms with Crippen LogP contribution in [-0.2, 0) is 6.54 Å². The van der Waals surface area contributed by atoms with Gasteiger partial charge in [0.15, 0.2) is 0 Å². The van der Waals surface area contributed by atoms with Crippen LogP contribution in [0, 0.1) is 0 Å². The predicted molar refractivity (Wildman–Crippen MR) is 100 cm³/mol. The molecule has 0 radical (unpaired) electrons. The first kappa shape index (κ1) is 16.1. The molecule has 0 bridgehead atoms. The van der Waals surface area contributed by atoms with E-state index >= 15 is 0 Å². The normalized spacial score (nSPS) is 15.6. The molecule has 2 aromatic carbocycles. The molecule has 0 atom stereocenters. The lowest BCUT2D eigenvalue weighted by molar-refractivity contribution is -0.917. The Labute approximate surface area is 150 Å². The van der Waals surface area contributed by atoms with Crippen molar-refractivity contribution in [2.75, 3.05) is 26.2 Å². The molecular formula is C20H21N2O2S+. The number of nitrogens with zero attached hydrogens (tertiary/aromatic N) is 1. The van der Waals surface area contributed by atoms with Gasteiger partial charge < -0.3 is 14.9 Å². The predicted octanol–water partition coefficient (Wildman–Crippen LogP) is 2.15.